The Balaban J connectivity index is 1.49. The average Bonchev–Trinajstić information content (AvgIpc) is 3.28. The topological polar surface area (TPSA) is 51.1 Å². The highest BCUT2D eigenvalue weighted by atomic mass is 19.1. The van der Waals surface area contributed by atoms with Crippen LogP contribution in [0.4, 0.5) is 8.78 Å². The number of methoxy groups -OCH3 is 1. The molecule has 0 fully saturated rings. The SMILES string of the molecule is COc1ccc(C2=NOC(CN(Cc3ccc(F)cc3)C(=O)c3cccc(F)c3)C2)cc1. The van der Waals surface area contributed by atoms with Gasteiger partial charge in [-0.2, -0.15) is 0 Å². The van der Waals surface area contributed by atoms with E-state index in [4.69, 9.17) is 9.57 Å². The fourth-order valence-corrected chi connectivity index (χ4v) is 3.56. The van der Waals surface area contributed by atoms with Crippen LogP contribution >= 0.6 is 0 Å². The van der Waals surface area contributed by atoms with Gasteiger partial charge in [-0.05, 0) is 65.7 Å². The molecule has 0 bridgehead atoms. The lowest BCUT2D eigenvalue weighted by atomic mass is 10.0. The van der Waals surface area contributed by atoms with E-state index in [9.17, 15) is 13.6 Å². The second kappa shape index (κ2) is 9.60. The Morgan fingerprint density at radius 3 is 2.50 bits per heavy atom. The lowest BCUT2D eigenvalue weighted by Gasteiger charge is -2.25. The summed E-state index contributed by atoms with van der Waals surface area (Å²) in [6.45, 7) is 0.475. The van der Waals surface area contributed by atoms with Crippen molar-refractivity contribution in [1.82, 2.24) is 4.90 Å². The van der Waals surface area contributed by atoms with Gasteiger partial charge < -0.3 is 14.5 Å². The van der Waals surface area contributed by atoms with Gasteiger partial charge in [-0.25, -0.2) is 8.78 Å². The van der Waals surface area contributed by atoms with Crippen molar-refractivity contribution in [2.24, 2.45) is 5.16 Å². The van der Waals surface area contributed by atoms with E-state index in [-0.39, 0.29) is 36.5 Å². The first-order chi connectivity index (χ1) is 15.5. The third-order valence-corrected chi connectivity index (χ3v) is 5.23. The van der Waals surface area contributed by atoms with E-state index >= 15 is 0 Å². The number of ether oxygens (including phenoxy) is 1. The van der Waals surface area contributed by atoms with Gasteiger partial charge in [0.05, 0.1) is 19.4 Å². The van der Waals surface area contributed by atoms with Crippen LogP contribution in [0.3, 0.4) is 0 Å². The van der Waals surface area contributed by atoms with E-state index in [1.54, 1.807) is 30.2 Å². The predicted molar refractivity (Wildman–Crippen MR) is 117 cm³/mol. The van der Waals surface area contributed by atoms with E-state index in [1.165, 1.54) is 30.3 Å². The molecule has 1 unspecified atom stereocenters. The highest BCUT2D eigenvalue weighted by Gasteiger charge is 2.27. The number of carbonyl (C=O) groups excluding carboxylic acids is 1. The third kappa shape index (κ3) is 5.11. The minimum Gasteiger partial charge on any atom is -0.497 e. The molecule has 1 aliphatic heterocycles. The lowest BCUT2D eigenvalue weighted by molar-refractivity contribution is 0.0405. The van der Waals surface area contributed by atoms with Crippen LogP contribution in [0.2, 0.25) is 0 Å². The van der Waals surface area contributed by atoms with Crippen molar-refractivity contribution >= 4 is 11.6 Å². The second-order valence-corrected chi connectivity index (χ2v) is 7.52. The highest BCUT2D eigenvalue weighted by Crippen LogP contribution is 2.22. The maximum Gasteiger partial charge on any atom is 0.254 e. The molecule has 3 aromatic carbocycles. The monoisotopic (exact) mass is 436 g/mol. The van der Waals surface area contributed by atoms with Crippen molar-refractivity contribution in [2.75, 3.05) is 13.7 Å². The third-order valence-electron chi connectivity index (χ3n) is 5.23. The quantitative estimate of drug-likeness (QED) is 0.534. The van der Waals surface area contributed by atoms with Gasteiger partial charge in [0.1, 0.15) is 17.4 Å². The van der Waals surface area contributed by atoms with Crippen molar-refractivity contribution in [1.29, 1.82) is 0 Å². The molecule has 0 saturated carbocycles. The number of carbonyl (C=O) groups is 1. The number of rotatable bonds is 7. The van der Waals surface area contributed by atoms with Gasteiger partial charge in [0.2, 0.25) is 0 Å². The summed E-state index contributed by atoms with van der Waals surface area (Å²) in [5.74, 6) is -0.431. The zero-order valence-corrected chi connectivity index (χ0v) is 17.5. The van der Waals surface area contributed by atoms with E-state index < -0.39 is 5.82 Å². The van der Waals surface area contributed by atoms with Crippen molar-refractivity contribution < 1.29 is 23.1 Å². The summed E-state index contributed by atoms with van der Waals surface area (Å²) < 4.78 is 32.2. The summed E-state index contributed by atoms with van der Waals surface area (Å²) in [6, 6.07) is 19.0. The zero-order chi connectivity index (χ0) is 22.5. The Hall–Kier alpha value is -3.74. The molecule has 4 rings (SSSR count). The number of hydrogen-bond acceptors (Lipinski definition) is 4. The van der Waals surface area contributed by atoms with Gasteiger partial charge in [0.15, 0.2) is 6.10 Å². The van der Waals surface area contributed by atoms with Gasteiger partial charge in [-0.3, -0.25) is 4.79 Å². The van der Waals surface area contributed by atoms with Crippen molar-refractivity contribution in [2.45, 2.75) is 19.1 Å². The molecule has 1 aliphatic rings. The van der Waals surface area contributed by atoms with E-state index in [0.717, 1.165) is 22.6 Å². The summed E-state index contributed by atoms with van der Waals surface area (Å²) in [5.41, 5.74) is 2.68. The van der Waals surface area contributed by atoms with E-state index in [2.05, 4.69) is 5.16 Å². The lowest BCUT2D eigenvalue weighted by Crippen LogP contribution is -2.37. The van der Waals surface area contributed by atoms with Crippen LogP contribution in [0, 0.1) is 11.6 Å². The first-order valence-corrected chi connectivity index (χ1v) is 10.2. The van der Waals surface area contributed by atoms with Gasteiger partial charge in [-0.1, -0.05) is 23.4 Å². The average molecular weight is 436 g/mol. The number of oxime groups is 1. The number of amides is 1. The number of benzene rings is 3. The van der Waals surface area contributed by atoms with Crippen LogP contribution < -0.4 is 4.74 Å². The Morgan fingerprint density at radius 2 is 1.81 bits per heavy atom. The van der Waals surface area contributed by atoms with Crippen molar-refractivity contribution in [3.05, 3.63) is 101 Å². The molecule has 0 saturated heterocycles. The second-order valence-electron chi connectivity index (χ2n) is 7.52. The van der Waals surface area contributed by atoms with E-state index in [1.807, 2.05) is 24.3 Å². The molecular formula is C25H22F2N2O3. The number of hydrogen-bond donors (Lipinski definition) is 0. The van der Waals surface area contributed by atoms with Gasteiger partial charge in [-0.15, -0.1) is 0 Å². The van der Waals surface area contributed by atoms with E-state index in [0.29, 0.717) is 6.42 Å². The minimum atomic E-state index is -0.486. The molecule has 0 aromatic heterocycles. The predicted octanol–water partition coefficient (Wildman–Crippen LogP) is 4.81. The molecule has 0 aliphatic carbocycles. The standard InChI is InChI=1S/C25H22F2N2O3/c1-31-22-11-7-18(8-12-22)24-14-23(32-28-24)16-29(15-17-5-9-20(26)10-6-17)25(30)19-3-2-4-21(27)13-19/h2-13,23H,14-16H2,1H3. The molecule has 32 heavy (non-hydrogen) atoms. The van der Waals surface area contributed by atoms with Crippen LogP contribution in [-0.2, 0) is 11.4 Å². The summed E-state index contributed by atoms with van der Waals surface area (Å²) in [5, 5.41) is 4.19. The van der Waals surface area contributed by atoms with Gasteiger partial charge >= 0.3 is 0 Å². The molecule has 0 spiro atoms. The molecule has 0 radical (unpaired) electrons. The first kappa shape index (κ1) is 21.5. The summed E-state index contributed by atoms with van der Waals surface area (Å²) >= 11 is 0. The smallest absolute Gasteiger partial charge is 0.254 e. The number of nitrogens with zero attached hydrogens (tertiary/aromatic N) is 2. The Morgan fingerprint density at radius 1 is 1.06 bits per heavy atom. The molecule has 164 valence electrons. The molecule has 1 atom stereocenters. The Kier molecular flexibility index (Phi) is 6.44. The van der Waals surface area contributed by atoms with Gasteiger partial charge in [0.25, 0.3) is 5.91 Å². The molecule has 1 heterocycles. The van der Waals surface area contributed by atoms with Crippen LogP contribution in [0.1, 0.15) is 27.9 Å². The first-order valence-electron chi connectivity index (χ1n) is 10.2. The minimum absolute atomic E-state index is 0.230. The zero-order valence-electron chi connectivity index (χ0n) is 17.5. The molecule has 5 nitrogen and oxygen atoms in total. The Labute approximate surface area is 184 Å². The van der Waals surface area contributed by atoms with Crippen LogP contribution in [0.15, 0.2) is 78.0 Å². The summed E-state index contributed by atoms with van der Waals surface area (Å²) in [4.78, 5) is 20.3. The van der Waals surface area contributed by atoms with Gasteiger partial charge in [0, 0.05) is 18.5 Å². The largest absolute Gasteiger partial charge is 0.497 e. The Bertz CT molecular complexity index is 1110. The van der Waals surface area contributed by atoms with Crippen molar-refractivity contribution in [3.63, 3.8) is 0 Å². The normalized spacial score (nSPS) is 15.1. The molecule has 1 amide bonds. The maximum atomic E-state index is 13.7. The number of halogens is 2. The summed E-state index contributed by atoms with van der Waals surface area (Å²) in [6.07, 6.45) is 0.160. The van der Waals surface area contributed by atoms with Crippen LogP contribution in [0.5, 0.6) is 5.75 Å². The molecular weight excluding hydrogens is 414 g/mol. The molecule has 3 aromatic rings. The molecule has 7 heteroatoms. The van der Waals surface area contributed by atoms with Crippen LogP contribution in [0.25, 0.3) is 0 Å². The fraction of sp³-hybridized carbons (Fsp3) is 0.200. The molecule has 0 N–H and O–H groups in total. The van der Waals surface area contributed by atoms with Crippen LogP contribution in [-0.4, -0.2) is 36.3 Å². The fourth-order valence-electron chi connectivity index (χ4n) is 3.56. The summed E-state index contributed by atoms with van der Waals surface area (Å²) in [7, 11) is 1.60. The van der Waals surface area contributed by atoms with Crippen molar-refractivity contribution in [3.8, 4) is 5.75 Å². The maximum absolute atomic E-state index is 13.7. The highest BCUT2D eigenvalue weighted by molar-refractivity contribution is 6.01.